The standard InChI is InChI=1S/C12H16N2O5S/c15-12(18-7-11-6-13-8-20-11)19-10-3-1-2-9(4-5-10)14(16)17/h6,8-10H,1-5,7H2. The van der Waals surface area contributed by atoms with Crippen LogP contribution in [-0.4, -0.2) is 28.2 Å². The minimum absolute atomic E-state index is 0.147. The first-order valence-corrected chi connectivity index (χ1v) is 7.37. The first-order valence-electron chi connectivity index (χ1n) is 6.49. The molecule has 0 bridgehead atoms. The molecule has 2 atom stereocenters. The molecule has 0 N–H and O–H groups in total. The summed E-state index contributed by atoms with van der Waals surface area (Å²) in [6.07, 6.45) is 3.48. The van der Waals surface area contributed by atoms with Crippen LogP contribution in [0.2, 0.25) is 0 Å². The van der Waals surface area contributed by atoms with E-state index in [4.69, 9.17) is 9.47 Å². The Morgan fingerprint density at radius 3 is 3.00 bits per heavy atom. The van der Waals surface area contributed by atoms with E-state index in [1.807, 2.05) is 0 Å². The lowest BCUT2D eigenvalue weighted by Gasteiger charge is -2.14. The first kappa shape index (κ1) is 14.7. The predicted octanol–water partition coefficient (Wildman–Crippen LogP) is 2.77. The number of thiazole rings is 1. The fourth-order valence-corrected chi connectivity index (χ4v) is 2.70. The summed E-state index contributed by atoms with van der Waals surface area (Å²) in [5.74, 6) is 0. The summed E-state index contributed by atoms with van der Waals surface area (Å²) in [7, 11) is 0. The highest BCUT2D eigenvalue weighted by Gasteiger charge is 2.27. The van der Waals surface area contributed by atoms with E-state index >= 15 is 0 Å². The van der Waals surface area contributed by atoms with Crippen LogP contribution in [0.1, 0.15) is 37.0 Å². The normalized spacial score (nSPS) is 22.8. The molecule has 0 aromatic carbocycles. The second-order valence-electron chi connectivity index (χ2n) is 4.69. The lowest BCUT2D eigenvalue weighted by Crippen LogP contribution is -2.20. The van der Waals surface area contributed by atoms with Crippen LogP contribution in [-0.2, 0) is 16.1 Å². The van der Waals surface area contributed by atoms with Gasteiger partial charge in [-0.1, -0.05) is 0 Å². The van der Waals surface area contributed by atoms with Crippen LogP contribution in [0.5, 0.6) is 0 Å². The Kier molecular flexibility index (Phi) is 5.28. The summed E-state index contributed by atoms with van der Waals surface area (Å²) >= 11 is 1.40. The van der Waals surface area contributed by atoms with Crippen molar-refractivity contribution in [3.05, 3.63) is 26.7 Å². The second kappa shape index (κ2) is 7.18. The molecule has 1 saturated carbocycles. The second-order valence-corrected chi connectivity index (χ2v) is 5.66. The van der Waals surface area contributed by atoms with E-state index in [-0.39, 0.29) is 17.6 Å². The Hall–Kier alpha value is -1.70. The average molecular weight is 300 g/mol. The van der Waals surface area contributed by atoms with Crippen LogP contribution in [0, 0.1) is 10.1 Å². The fourth-order valence-electron chi connectivity index (χ4n) is 2.19. The Bertz CT molecular complexity index is 451. The first-order chi connectivity index (χ1) is 9.65. The molecule has 2 unspecified atom stereocenters. The summed E-state index contributed by atoms with van der Waals surface area (Å²) in [4.78, 5) is 26.8. The van der Waals surface area contributed by atoms with Crippen LogP contribution in [0.3, 0.4) is 0 Å². The summed E-state index contributed by atoms with van der Waals surface area (Å²) in [6, 6.07) is -0.517. The van der Waals surface area contributed by atoms with Gasteiger partial charge in [0.15, 0.2) is 0 Å². The lowest BCUT2D eigenvalue weighted by atomic mass is 10.1. The molecule has 1 aromatic heterocycles. The Labute approximate surface area is 120 Å². The van der Waals surface area contributed by atoms with E-state index in [2.05, 4.69) is 4.98 Å². The van der Waals surface area contributed by atoms with Crippen molar-refractivity contribution in [2.45, 2.75) is 50.9 Å². The maximum absolute atomic E-state index is 11.5. The van der Waals surface area contributed by atoms with Gasteiger partial charge in [0.2, 0.25) is 6.04 Å². The SMILES string of the molecule is O=C(OCc1cncs1)OC1CCCC([N+](=O)[O-])CC1. The number of carbonyl (C=O) groups is 1. The number of nitro groups is 1. The van der Waals surface area contributed by atoms with Crippen molar-refractivity contribution >= 4 is 17.5 Å². The molecule has 0 aliphatic heterocycles. The molecular formula is C12H16N2O5S. The monoisotopic (exact) mass is 300 g/mol. The summed E-state index contributed by atoms with van der Waals surface area (Å²) < 4.78 is 10.2. The van der Waals surface area contributed by atoms with Gasteiger partial charge in [-0.05, 0) is 19.3 Å². The van der Waals surface area contributed by atoms with E-state index < -0.39 is 12.2 Å². The highest BCUT2D eigenvalue weighted by atomic mass is 32.1. The number of rotatable bonds is 4. The Balaban J connectivity index is 1.72. The molecule has 0 radical (unpaired) electrons. The molecule has 0 saturated heterocycles. The van der Waals surface area contributed by atoms with E-state index in [0.29, 0.717) is 32.1 Å². The van der Waals surface area contributed by atoms with E-state index in [0.717, 1.165) is 4.88 Å². The zero-order valence-electron chi connectivity index (χ0n) is 10.9. The zero-order chi connectivity index (χ0) is 14.4. The largest absolute Gasteiger partial charge is 0.508 e. The quantitative estimate of drug-likeness (QED) is 0.367. The highest BCUT2D eigenvalue weighted by molar-refractivity contribution is 7.09. The summed E-state index contributed by atoms with van der Waals surface area (Å²) in [5, 5.41) is 10.7. The lowest BCUT2D eigenvalue weighted by molar-refractivity contribution is -0.524. The number of hydrogen-bond acceptors (Lipinski definition) is 7. The van der Waals surface area contributed by atoms with E-state index in [1.54, 1.807) is 11.7 Å². The van der Waals surface area contributed by atoms with Crippen molar-refractivity contribution in [2.75, 3.05) is 0 Å². The van der Waals surface area contributed by atoms with Gasteiger partial charge >= 0.3 is 6.16 Å². The highest BCUT2D eigenvalue weighted by Crippen LogP contribution is 2.22. The number of nitrogens with zero attached hydrogens (tertiary/aromatic N) is 2. The van der Waals surface area contributed by atoms with E-state index in [9.17, 15) is 14.9 Å². The molecule has 1 aromatic rings. The number of hydrogen-bond donors (Lipinski definition) is 0. The van der Waals surface area contributed by atoms with Gasteiger partial charge in [-0.15, -0.1) is 11.3 Å². The third-order valence-electron chi connectivity index (χ3n) is 3.26. The van der Waals surface area contributed by atoms with Crippen molar-refractivity contribution in [1.82, 2.24) is 4.98 Å². The smallest absolute Gasteiger partial charge is 0.431 e. The van der Waals surface area contributed by atoms with Crippen molar-refractivity contribution in [1.29, 1.82) is 0 Å². The molecule has 1 aliphatic carbocycles. The van der Waals surface area contributed by atoms with Crippen molar-refractivity contribution in [3.8, 4) is 0 Å². The van der Waals surface area contributed by atoms with Gasteiger partial charge in [-0.3, -0.25) is 15.1 Å². The van der Waals surface area contributed by atoms with Gasteiger partial charge < -0.3 is 9.47 Å². The number of carbonyl (C=O) groups excluding carboxylic acids is 1. The van der Waals surface area contributed by atoms with Gasteiger partial charge in [-0.25, -0.2) is 4.79 Å². The molecule has 20 heavy (non-hydrogen) atoms. The van der Waals surface area contributed by atoms with Gasteiger partial charge in [-0.2, -0.15) is 0 Å². The van der Waals surface area contributed by atoms with Crippen LogP contribution in [0.25, 0.3) is 0 Å². The third-order valence-corrected chi connectivity index (χ3v) is 4.02. The van der Waals surface area contributed by atoms with Crippen molar-refractivity contribution < 1.29 is 19.2 Å². The van der Waals surface area contributed by atoms with Crippen LogP contribution in [0.4, 0.5) is 4.79 Å². The minimum atomic E-state index is -0.719. The number of aromatic nitrogens is 1. The van der Waals surface area contributed by atoms with Crippen LogP contribution < -0.4 is 0 Å². The summed E-state index contributed by atoms with van der Waals surface area (Å²) in [6.45, 7) is 0.147. The maximum Gasteiger partial charge on any atom is 0.508 e. The maximum atomic E-state index is 11.5. The predicted molar refractivity (Wildman–Crippen MR) is 71.0 cm³/mol. The van der Waals surface area contributed by atoms with Gasteiger partial charge in [0, 0.05) is 24.0 Å². The van der Waals surface area contributed by atoms with Crippen LogP contribution in [0.15, 0.2) is 11.7 Å². The molecule has 0 amide bonds. The van der Waals surface area contributed by atoms with Gasteiger partial charge in [0.05, 0.1) is 10.4 Å². The molecule has 1 fully saturated rings. The molecule has 1 heterocycles. The van der Waals surface area contributed by atoms with Gasteiger partial charge in [0.25, 0.3) is 0 Å². The Morgan fingerprint density at radius 1 is 1.45 bits per heavy atom. The molecular weight excluding hydrogens is 284 g/mol. The van der Waals surface area contributed by atoms with Gasteiger partial charge in [0.1, 0.15) is 12.7 Å². The average Bonchev–Trinajstić information content (AvgIpc) is 2.82. The fraction of sp³-hybridized carbons (Fsp3) is 0.667. The topological polar surface area (TPSA) is 91.6 Å². The third kappa shape index (κ3) is 4.44. The molecule has 7 nitrogen and oxygen atoms in total. The van der Waals surface area contributed by atoms with E-state index in [1.165, 1.54) is 11.3 Å². The summed E-state index contributed by atoms with van der Waals surface area (Å²) in [5.41, 5.74) is 1.66. The van der Waals surface area contributed by atoms with Crippen LogP contribution >= 0.6 is 11.3 Å². The number of ether oxygens (including phenoxy) is 2. The molecule has 0 spiro atoms. The van der Waals surface area contributed by atoms with Crippen molar-refractivity contribution in [3.63, 3.8) is 0 Å². The zero-order valence-corrected chi connectivity index (χ0v) is 11.7. The van der Waals surface area contributed by atoms with Crippen molar-refractivity contribution in [2.24, 2.45) is 0 Å². The molecule has 110 valence electrons. The molecule has 1 aliphatic rings. The molecule has 2 rings (SSSR count). The minimum Gasteiger partial charge on any atom is -0.431 e. The molecule has 8 heteroatoms. The Morgan fingerprint density at radius 2 is 2.30 bits per heavy atom.